The first kappa shape index (κ1) is 13.1. The van der Waals surface area contributed by atoms with Gasteiger partial charge in [0.05, 0.1) is 13.2 Å². The van der Waals surface area contributed by atoms with Crippen LogP contribution in [0.2, 0.25) is 0 Å². The van der Waals surface area contributed by atoms with Gasteiger partial charge in [0.25, 0.3) is 0 Å². The highest BCUT2D eigenvalue weighted by Crippen LogP contribution is 2.18. The molecule has 0 N–H and O–H groups in total. The Morgan fingerprint density at radius 3 is 2.89 bits per heavy atom. The number of fused-ring (bicyclic) bond motifs is 1. The summed E-state index contributed by atoms with van der Waals surface area (Å²) < 4.78 is 5.19. The van der Waals surface area contributed by atoms with Crippen LogP contribution in [0.1, 0.15) is 30.9 Å². The first-order valence-electron chi connectivity index (χ1n) is 6.74. The Balaban J connectivity index is 1.80. The number of carbonyl (C=O) groups excluding carboxylic acids is 1. The molecule has 1 aromatic carbocycles. The summed E-state index contributed by atoms with van der Waals surface area (Å²) in [6.07, 6.45) is 3.04. The Labute approximate surface area is 109 Å². The summed E-state index contributed by atoms with van der Waals surface area (Å²) in [5.41, 5.74) is 2.75. The summed E-state index contributed by atoms with van der Waals surface area (Å²) in [6, 6.07) is 8.45. The van der Waals surface area contributed by atoms with E-state index >= 15 is 0 Å². The average molecular weight is 247 g/mol. The number of benzene rings is 1. The zero-order valence-electron chi connectivity index (χ0n) is 11.0. The number of nitrogens with zero attached hydrogens (tertiary/aromatic N) is 1. The molecule has 0 radical (unpaired) electrons. The predicted molar refractivity (Wildman–Crippen MR) is 71.3 cm³/mol. The van der Waals surface area contributed by atoms with E-state index in [1.165, 1.54) is 11.1 Å². The molecular formula is C15H21NO2. The molecule has 0 amide bonds. The SMILES string of the molecule is CCCCOC(=O)CN1CCc2ccccc2C1. The number of ether oxygens (including phenoxy) is 1. The zero-order chi connectivity index (χ0) is 12.8. The minimum absolute atomic E-state index is 0.0946. The van der Waals surface area contributed by atoms with E-state index in [0.717, 1.165) is 32.4 Å². The van der Waals surface area contributed by atoms with Crippen molar-refractivity contribution in [1.29, 1.82) is 0 Å². The van der Waals surface area contributed by atoms with E-state index in [4.69, 9.17) is 4.74 Å². The Morgan fingerprint density at radius 1 is 1.33 bits per heavy atom. The van der Waals surface area contributed by atoms with Crippen LogP contribution in [0, 0.1) is 0 Å². The fraction of sp³-hybridized carbons (Fsp3) is 0.533. The van der Waals surface area contributed by atoms with Gasteiger partial charge >= 0.3 is 5.97 Å². The fourth-order valence-corrected chi connectivity index (χ4v) is 2.25. The van der Waals surface area contributed by atoms with Gasteiger partial charge < -0.3 is 4.74 Å². The molecule has 1 heterocycles. The maximum Gasteiger partial charge on any atom is 0.320 e. The van der Waals surface area contributed by atoms with Crippen LogP contribution >= 0.6 is 0 Å². The van der Waals surface area contributed by atoms with Crippen molar-refractivity contribution in [2.45, 2.75) is 32.7 Å². The molecule has 1 aliphatic heterocycles. The van der Waals surface area contributed by atoms with Gasteiger partial charge in [-0.3, -0.25) is 9.69 Å². The molecule has 0 saturated carbocycles. The van der Waals surface area contributed by atoms with Gasteiger partial charge in [0, 0.05) is 13.1 Å². The maximum absolute atomic E-state index is 11.6. The third-order valence-corrected chi connectivity index (χ3v) is 3.32. The standard InChI is InChI=1S/C15H21NO2/c1-2-3-10-18-15(17)12-16-9-8-13-6-4-5-7-14(13)11-16/h4-7H,2-3,8-12H2,1H3. The summed E-state index contributed by atoms with van der Waals surface area (Å²) in [5.74, 6) is -0.0946. The molecule has 3 nitrogen and oxygen atoms in total. The predicted octanol–water partition coefficient (Wildman–Crippen LogP) is 2.39. The van der Waals surface area contributed by atoms with E-state index in [1.807, 2.05) is 0 Å². The van der Waals surface area contributed by atoms with Gasteiger partial charge in [-0.15, -0.1) is 0 Å². The van der Waals surface area contributed by atoms with Crippen LogP contribution in [0.15, 0.2) is 24.3 Å². The summed E-state index contributed by atoms with van der Waals surface area (Å²) >= 11 is 0. The molecule has 2 rings (SSSR count). The Bertz CT molecular complexity index is 403. The molecule has 0 atom stereocenters. The van der Waals surface area contributed by atoms with Crippen molar-refractivity contribution >= 4 is 5.97 Å². The van der Waals surface area contributed by atoms with Gasteiger partial charge in [-0.1, -0.05) is 37.6 Å². The number of unbranched alkanes of at least 4 members (excludes halogenated alkanes) is 1. The van der Waals surface area contributed by atoms with Crippen LogP contribution in [-0.4, -0.2) is 30.6 Å². The molecule has 1 aromatic rings. The van der Waals surface area contributed by atoms with Crippen LogP contribution in [0.4, 0.5) is 0 Å². The van der Waals surface area contributed by atoms with E-state index in [2.05, 4.69) is 36.1 Å². The van der Waals surface area contributed by atoms with Crippen molar-refractivity contribution < 1.29 is 9.53 Å². The number of rotatable bonds is 5. The molecule has 98 valence electrons. The van der Waals surface area contributed by atoms with Crippen LogP contribution in [0.5, 0.6) is 0 Å². The molecular weight excluding hydrogens is 226 g/mol. The molecule has 0 aliphatic carbocycles. The van der Waals surface area contributed by atoms with E-state index in [0.29, 0.717) is 13.2 Å². The fourth-order valence-electron chi connectivity index (χ4n) is 2.25. The van der Waals surface area contributed by atoms with Crippen LogP contribution < -0.4 is 0 Å². The Hall–Kier alpha value is -1.35. The zero-order valence-corrected chi connectivity index (χ0v) is 11.0. The quantitative estimate of drug-likeness (QED) is 0.591. The van der Waals surface area contributed by atoms with Crippen molar-refractivity contribution in [2.75, 3.05) is 19.7 Å². The number of esters is 1. The second-order valence-corrected chi connectivity index (χ2v) is 4.80. The minimum atomic E-state index is -0.0946. The first-order chi connectivity index (χ1) is 8.79. The summed E-state index contributed by atoms with van der Waals surface area (Å²) in [7, 11) is 0. The highest BCUT2D eigenvalue weighted by atomic mass is 16.5. The third kappa shape index (κ3) is 3.57. The summed E-state index contributed by atoms with van der Waals surface area (Å²) in [4.78, 5) is 13.8. The minimum Gasteiger partial charge on any atom is -0.465 e. The van der Waals surface area contributed by atoms with Crippen molar-refractivity contribution in [3.05, 3.63) is 35.4 Å². The highest BCUT2D eigenvalue weighted by Gasteiger charge is 2.18. The van der Waals surface area contributed by atoms with Gasteiger partial charge in [-0.25, -0.2) is 0 Å². The van der Waals surface area contributed by atoms with Crippen LogP contribution in [-0.2, 0) is 22.5 Å². The average Bonchev–Trinajstić information content (AvgIpc) is 2.39. The smallest absolute Gasteiger partial charge is 0.320 e. The third-order valence-electron chi connectivity index (χ3n) is 3.32. The van der Waals surface area contributed by atoms with E-state index in [-0.39, 0.29) is 5.97 Å². The lowest BCUT2D eigenvalue weighted by Gasteiger charge is -2.27. The lowest BCUT2D eigenvalue weighted by atomic mass is 10.00. The molecule has 0 bridgehead atoms. The molecule has 1 aliphatic rings. The highest BCUT2D eigenvalue weighted by molar-refractivity contribution is 5.71. The monoisotopic (exact) mass is 247 g/mol. The normalized spacial score (nSPS) is 15.2. The molecule has 0 fully saturated rings. The van der Waals surface area contributed by atoms with Gasteiger partial charge in [0.1, 0.15) is 0 Å². The summed E-state index contributed by atoms with van der Waals surface area (Å²) in [5, 5.41) is 0. The Morgan fingerprint density at radius 2 is 2.11 bits per heavy atom. The van der Waals surface area contributed by atoms with Crippen LogP contribution in [0.25, 0.3) is 0 Å². The van der Waals surface area contributed by atoms with E-state index < -0.39 is 0 Å². The largest absolute Gasteiger partial charge is 0.465 e. The van der Waals surface area contributed by atoms with Crippen molar-refractivity contribution in [2.24, 2.45) is 0 Å². The molecule has 0 saturated heterocycles. The lowest BCUT2D eigenvalue weighted by molar-refractivity contribution is -0.145. The number of hydrogen-bond donors (Lipinski definition) is 0. The van der Waals surface area contributed by atoms with E-state index in [1.54, 1.807) is 0 Å². The van der Waals surface area contributed by atoms with Crippen molar-refractivity contribution in [1.82, 2.24) is 4.90 Å². The van der Waals surface area contributed by atoms with Crippen molar-refractivity contribution in [3.8, 4) is 0 Å². The molecule has 0 spiro atoms. The molecule has 0 aromatic heterocycles. The topological polar surface area (TPSA) is 29.5 Å². The number of carbonyl (C=O) groups is 1. The van der Waals surface area contributed by atoms with Gasteiger partial charge in [-0.05, 0) is 24.0 Å². The second-order valence-electron chi connectivity index (χ2n) is 4.80. The Kier molecular flexibility index (Phi) is 4.76. The molecule has 0 unspecified atom stereocenters. The van der Waals surface area contributed by atoms with Gasteiger partial charge in [0.2, 0.25) is 0 Å². The molecule has 18 heavy (non-hydrogen) atoms. The summed E-state index contributed by atoms with van der Waals surface area (Å²) in [6.45, 7) is 4.87. The van der Waals surface area contributed by atoms with Gasteiger partial charge in [-0.2, -0.15) is 0 Å². The van der Waals surface area contributed by atoms with Crippen LogP contribution in [0.3, 0.4) is 0 Å². The second kappa shape index (κ2) is 6.55. The maximum atomic E-state index is 11.6. The molecule has 3 heteroatoms. The number of hydrogen-bond acceptors (Lipinski definition) is 3. The first-order valence-corrected chi connectivity index (χ1v) is 6.74. The lowest BCUT2D eigenvalue weighted by Crippen LogP contribution is -2.35. The van der Waals surface area contributed by atoms with Crippen molar-refractivity contribution in [3.63, 3.8) is 0 Å². The van der Waals surface area contributed by atoms with E-state index in [9.17, 15) is 4.79 Å². The van der Waals surface area contributed by atoms with Gasteiger partial charge in [0.15, 0.2) is 0 Å².